The molecule has 0 saturated carbocycles. The minimum Gasteiger partial charge on any atom is -0.0719 e. The number of hydrogen-bond donors (Lipinski definition) is 0. The largest absolute Gasteiger partial charge is 0.0719 e. The van der Waals surface area contributed by atoms with E-state index in [2.05, 4.69) is 26.6 Å². The molecular weight excluding hydrogens is 128 g/mol. The predicted octanol–water partition coefficient (Wildman–Crippen LogP) is 2.35. The highest BCUT2D eigenvalue weighted by atomic mass is 29.2. The summed E-state index contributed by atoms with van der Waals surface area (Å²) < 4.78 is 0. The van der Waals surface area contributed by atoms with Gasteiger partial charge in [-0.1, -0.05) is 39.0 Å². The maximum absolute atomic E-state index is 2.45. The third-order valence-electron chi connectivity index (χ3n) is 0.905. The zero-order valence-corrected chi connectivity index (χ0v) is 8.41. The quantitative estimate of drug-likeness (QED) is 0.533. The zero-order chi connectivity index (χ0) is 6.62. The molecule has 2 radical (unpaired) electrons. The van der Waals surface area contributed by atoms with Crippen LogP contribution < -0.4 is 0 Å². The van der Waals surface area contributed by atoms with E-state index in [1.165, 1.54) is 21.5 Å². The average molecular weight is 144 g/mol. The van der Waals surface area contributed by atoms with Gasteiger partial charge in [-0.3, -0.25) is 0 Å². The molecule has 0 aliphatic heterocycles. The lowest BCUT2D eigenvalue weighted by molar-refractivity contribution is 1.08. The van der Waals surface area contributed by atoms with Crippen LogP contribution in [0, 0.1) is 0 Å². The standard InChI is InChI=1S/C6H16Si2/c1-5-6-7-8(2,3)4/h5-6H2,1-4H3. The molecule has 0 heterocycles. The first-order chi connectivity index (χ1) is 3.56. The molecule has 0 aromatic carbocycles. The van der Waals surface area contributed by atoms with Gasteiger partial charge in [-0.25, -0.2) is 0 Å². The molecule has 48 valence electrons. The summed E-state index contributed by atoms with van der Waals surface area (Å²) in [5, 5.41) is 0. The molecule has 0 spiro atoms. The van der Waals surface area contributed by atoms with Crippen molar-refractivity contribution < 1.29 is 0 Å². The lowest BCUT2D eigenvalue weighted by Crippen LogP contribution is -2.29. The second-order valence-electron chi connectivity index (χ2n) is 3.18. The van der Waals surface area contributed by atoms with Crippen LogP contribution in [0.2, 0.25) is 25.7 Å². The molecule has 0 nitrogen and oxygen atoms in total. The molecule has 0 aromatic rings. The smallest absolute Gasteiger partial charge is 0.0327 e. The van der Waals surface area contributed by atoms with E-state index in [1.807, 2.05) is 0 Å². The molecular formula is C6H16Si2. The van der Waals surface area contributed by atoms with Crippen LogP contribution in [0.5, 0.6) is 0 Å². The fraction of sp³-hybridized carbons (Fsp3) is 1.00. The molecule has 0 bridgehead atoms. The van der Waals surface area contributed by atoms with Crippen LogP contribution in [0.4, 0.5) is 0 Å². The van der Waals surface area contributed by atoms with E-state index in [1.54, 1.807) is 0 Å². The Morgan fingerprint density at radius 1 is 1.25 bits per heavy atom. The van der Waals surface area contributed by atoms with Crippen molar-refractivity contribution in [3.05, 3.63) is 0 Å². The second-order valence-corrected chi connectivity index (χ2v) is 14.1. The predicted molar refractivity (Wildman–Crippen MR) is 44.2 cm³/mol. The summed E-state index contributed by atoms with van der Waals surface area (Å²) in [7, 11) is 0.630. The van der Waals surface area contributed by atoms with E-state index in [0.717, 1.165) is 0 Å². The SMILES string of the molecule is CCC[Si][Si](C)(C)C. The van der Waals surface area contributed by atoms with Gasteiger partial charge in [0.15, 0.2) is 0 Å². The molecule has 0 amide bonds. The van der Waals surface area contributed by atoms with Gasteiger partial charge in [0.2, 0.25) is 0 Å². The second kappa shape index (κ2) is 3.46. The fourth-order valence-electron chi connectivity index (χ4n) is 0.500. The van der Waals surface area contributed by atoms with E-state index >= 15 is 0 Å². The summed E-state index contributed by atoms with van der Waals surface area (Å²) in [5.41, 5.74) is 0. The minimum atomic E-state index is -0.650. The van der Waals surface area contributed by atoms with Crippen LogP contribution in [0.1, 0.15) is 13.3 Å². The Balaban J connectivity index is 3.11. The minimum absolute atomic E-state index is 0.650. The van der Waals surface area contributed by atoms with Crippen molar-refractivity contribution >= 4 is 16.6 Å². The average Bonchev–Trinajstić information content (AvgIpc) is 1.59. The summed E-state index contributed by atoms with van der Waals surface area (Å²) in [4.78, 5) is 0. The van der Waals surface area contributed by atoms with E-state index in [-0.39, 0.29) is 0 Å². The van der Waals surface area contributed by atoms with E-state index < -0.39 is 7.59 Å². The molecule has 0 unspecified atom stereocenters. The Morgan fingerprint density at radius 2 is 1.75 bits per heavy atom. The highest BCUT2D eigenvalue weighted by molar-refractivity contribution is 7.23. The topological polar surface area (TPSA) is 0 Å². The first-order valence-electron chi connectivity index (χ1n) is 3.31. The van der Waals surface area contributed by atoms with Crippen molar-refractivity contribution in [1.82, 2.24) is 0 Å². The van der Waals surface area contributed by atoms with Crippen LogP contribution in [0.3, 0.4) is 0 Å². The molecule has 0 rings (SSSR count). The van der Waals surface area contributed by atoms with Crippen molar-refractivity contribution in [1.29, 1.82) is 0 Å². The summed E-state index contributed by atoms with van der Waals surface area (Å²) in [6, 6.07) is 1.47. The molecule has 0 aliphatic carbocycles. The fourth-order valence-corrected chi connectivity index (χ4v) is 4.50. The molecule has 0 fully saturated rings. The maximum atomic E-state index is 2.45. The van der Waals surface area contributed by atoms with Gasteiger partial charge in [0.1, 0.15) is 0 Å². The number of hydrogen-bond acceptors (Lipinski definition) is 0. The van der Waals surface area contributed by atoms with Crippen molar-refractivity contribution in [3.8, 4) is 0 Å². The first-order valence-corrected chi connectivity index (χ1v) is 9.02. The van der Waals surface area contributed by atoms with Crippen LogP contribution in [-0.4, -0.2) is 16.6 Å². The van der Waals surface area contributed by atoms with Crippen LogP contribution in [-0.2, 0) is 0 Å². The van der Waals surface area contributed by atoms with Crippen molar-refractivity contribution in [3.63, 3.8) is 0 Å². The molecule has 0 aliphatic rings. The van der Waals surface area contributed by atoms with Gasteiger partial charge in [-0.2, -0.15) is 0 Å². The van der Waals surface area contributed by atoms with Crippen molar-refractivity contribution in [2.75, 3.05) is 0 Å². The number of rotatable bonds is 3. The first kappa shape index (κ1) is 8.43. The lowest BCUT2D eigenvalue weighted by Gasteiger charge is -2.12. The monoisotopic (exact) mass is 144 g/mol. The molecule has 0 atom stereocenters. The normalized spacial score (nSPS) is 12.0. The van der Waals surface area contributed by atoms with Gasteiger partial charge in [-0.15, -0.1) is 0 Å². The highest BCUT2D eigenvalue weighted by Gasteiger charge is 2.11. The molecule has 0 N–H and O–H groups in total. The molecule has 2 heteroatoms. The molecule has 0 aromatic heterocycles. The Morgan fingerprint density at radius 3 is 1.88 bits per heavy atom. The Hall–Kier alpha value is 0.434. The van der Waals surface area contributed by atoms with Gasteiger partial charge < -0.3 is 0 Å². The van der Waals surface area contributed by atoms with Crippen LogP contribution in [0.15, 0.2) is 0 Å². The van der Waals surface area contributed by atoms with E-state index in [0.29, 0.717) is 0 Å². The third-order valence-corrected chi connectivity index (χ3v) is 6.65. The van der Waals surface area contributed by atoms with Crippen molar-refractivity contribution in [2.24, 2.45) is 0 Å². The molecule has 8 heavy (non-hydrogen) atoms. The Bertz CT molecular complexity index is 54.0. The third kappa shape index (κ3) is 6.43. The van der Waals surface area contributed by atoms with Gasteiger partial charge in [0.25, 0.3) is 0 Å². The zero-order valence-electron chi connectivity index (χ0n) is 6.41. The summed E-state index contributed by atoms with van der Waals surface area (Å²) in [6.07, 6.45) is 1.38. The van der Waals surface area contributed by atoms with Gasteiger partial charge in [0, 0.05) is 16.6 Å². The van der Waals surface area contributed by atoms with Gasteiger partial charge in [-0.05, 0) is 0 Å². The highest BCUT2D eigenvalue weighted by Crippen LogP contribution is 2.01. The Kier molecular flexibility index (Phi) is 3.65. The van der Waals surface area contributed by atoms with Crippen LogP contribution in [0.25, 0.3) is 0 Å². The summed E-state index contributed by atoms with van der Waals surface area (Å²) in [5.74, 6) is 0. The van der Waals surface area contributed by atoms with E-state index in [9.17, 15) is 0 Å². The van der Waals surface area contributed by atoms with Crippen molar-refractivity contribution in [2.45, 2.75) is 39.0 Å². The summed E-state index contributed by atoms with van der Waals surface area (Å²) >= 11 is 0. The Labute approximate surface area is 56.3 Å². The van der Waals surface area contributed by atoms with Gasteiger partial charge in [0.05, 0.1) is 0 Å². The molecule has 0 saturated heterocycles. The van der Waals surface area contributed by atoms with Crippen LogP contribution >= 0.6 is 0 Å². The maximum Gasteiger partial charge on any atom is 0.0327 e. The summed E-state index contributed by atoms with van der Waals surface area (Å²) in [6.45, 7) is 9.61. The van der Waals surface area contributed by atoms with E-state index in [4.69, 9.17) is 0 Å². The lowest BCUT2D eigenvalue weighted by atomic mass is 10.6. The van der Waals surface area contributed by atoms with Gasteiger partial charge >= 0.3 is 0 Å².